The number of hydrogen-bond donors (Lipinski definition) is 1. The second-order valence-corrected chi connectivity index (χ2v) is 7.03. The monoisotopic (exact) mass is 319 g/mol. The molecule has 1 aliphatic rings. The molecular weight excluding hydrogens is 294 g/mol. The molecule has 1 fully saturated rings. The minimum atomic E-state index is -0.874. The molecule has 5 nitrogen and oxygen atoms in total. The van der Waals surface area contributed by atoms with Gasteiger partial charge in [0.05, 0.1) is 5.92 Å². The first-order chi connectivity index (χ1) is 10.7. The number of hydrogen-bond acceptors (Lipinski definition) is 3. The Morgan fingerprint density at radius 2 is 1.83 bits per heavy atom. The van der Waals surface area contributed by atoms with E-state index in [0.29, 0.717) is 6.54 Å². The van der Waals surface area contributed by atoms with Gasteiger partial charge in [-0.15, -0.1) is 0 Å². The normalized spacial score (nSPS) is 21.3. The molecule has 5 heteroatoms. The van der Waals surface area contributed by atoms with Gasteiger partial charge in [-0.3, -0.25) is 4.79 Å². The number of ether oxygens (including phenoxy) is 1. The van der Waals surface area contributed by atoms with Gasteiger partial charge in [-0.25, -0.2) is 4.79 Å². The molecule has 2 rings (SSSR count). The third-order valence-corrected chi connectivity index (χ3v) is 4.10. The fourth-order valence-electron chi connectivity index (χ4n) is 2.87. The van der Waals surface area contributed by atoms with Gasteiger partial charge >= 0.3 is 12.1 Å². The van der Waals surface area contributed by atoms with E-state index in [4.69, 9.17) is 4.74 Å². The molecule has 1 saturated heterocycles. The molecule has 1 heterocycles. The van der Waals surface area contributed by atoms with E-state index < -0.39 is 23.6 Å². The molecule has 0 spiro atoms. The second-order valence-electron chi connectivity index (χ2n) is 7.03. The topological polar surface area (TPSA) is 66.8 Å². The summed E-state index contributed by atoms with van der Waals surface area (Å²) in [5.74, 6) is -1.68. The Balaban J connectivity index is 2.17. The number of carbonyl (C=O) groups excluding carboxylic acids is 1. The standard InChI is InChI=1S/C18H25NO4/c1-5-12-6-8-13(9-7-12)14-10-19(11-15(14)16(20)21)17(22)23-18(2,3)4/h6-9,14-15H,5,10-11H2,1-4H3,(H,20,21)/t14-,15+/m1/s1. The van der Waals surface area contributed by atoms with Crippen LogP contribution in [0.3, 0.4) is 0 Å². The lowest BCUT2D eigenvalue weighted by Gasteiger charge is -2.24. The van der Waals surface area contributed by atoms with E-state index in [-0.39, 0.29) is 12.5 Å². The van der Waals surface area contributed by atoms with E-state index in [1.807, 2.05) is 24.3 Å². The van der Waals surface area contributed by atoms with Gasteiger partial charge in [0.25, 0.3) is 0 Å². The van der Waals surface area contributed by atoms with Crippen molar-refractivity contribution in [2.24, 2.45) is 5.92 Å². The molecule has 0 radical (unpaired) electrons. The summed E-state index contributed by atoms with van der Waals surface area (Å²) in [6.45, 7) is 8.04. The Kier molecular flexibility index (Phi) is 4.97. The number of aliphatic carboxylic acids is 1. The van der Waals surface area contributed by atoms with Crippen LogP contribution >= 0.6 is 0 Å². The summed E-state index contributed by atoms with van der Waals surface area (Å²) in [4.78, 5) is 25.3. The van der Waals surface area contributed by atoms with Crippen LogP contribution < -0.4 is 0 Å². The molecule has 126 valence electrons. The van der Waals surface area contributed by atoms with Crippen LogP contribution in [0.4, 0.5) is 4.79 Å². The van der Waals surface area contributed by atoms with Crippen molar-refractivity contribution in [3.05, 3.63) is 35.4 Å². The van der Waals surface area contributed by atoms with E-state index in [1.54, 1.807) is 20.8 Å². The van der Waals surface area contributed by atoms with Gasteiger partial charge in [-0.05, 0) is 38.3 Å². The Morgan fingerprint density at radius 3 is 2.30 bits per heavy atom. The minimum absolute atomic E-state index is 0.185. The van der Waals surface area contributed by atoms with Crippen LogP contribution in [0.15, 0.2) is 24.3 Å². The molecule has 0 aromatic heterocycles. The van der Waals surface area contributed by atoms with Crippen LogP contribution in [-0.4, -0.2) is 40.8 Å². The first-order valence-corrected chi connectivity index (χ1v) is 8.01. The number of rotatable bonds is 3. The van der Waals surface area contributed by atoms with Gasteiger partial charge in [0.15, 0.2) is 0 Å². The molecule has 0 saturated carbocycles. The molecule has 1 amide bonds. The van der Waals surface area contributed by atoms with Crippen molar-refractivity contribution >= 4 is 12.1 Å². The number of carboxylic acid groups (broad SMARTS) is 1. The Bertz CT molecular complexity index is 574. The second kappa shape index (κ2) is 6.60. The molecule has 0 unspecified atom stereocenters. The molecule has 1 aromatic carbocycles. The lowest BCUT2D eigenvalue weighted by atomic mass is 9.88. The van der Waals surface area contributed by atoms with Gasteiger partial charge in [0.2, 0.25) is 0 Å². The first kappa shape index (κ1) is 17.3. The first-order valence-electron chi connectivity index (χ1n) is 8.01. The predicted molar refractivity (Wildman–Crippen MR) is 87.5 cm³/mol. The zero-order valence-corrected chi connectivity index (χ0v) is 14.2. The van der Waals surface area contributed by atoms with E-state index in [0.717, 1.165) is 12.0 Å². The number of carboxylic acids is 1. The maximum atomic E-state index is 12.2. The van der Waals surface area contributed by atoms with Gasteiger partial charge in [-0.2, -0.15) is 0 Å². The van der Waals surface area contributed by atoms with Crippen molar-refractivity contribution in [1.29, 1.82) is 0 Å². The lowest BCUT2D eigenvalue weighted by molar-refractivity contribution is -0.141. The summed E-state index contributed by atoms with van der Waals surface area (Å²) in [5.41, 5.74) is 1.58. The summed E-state index contributed by atoms with van der Waals surface area (Å²) in [7, 11) is 0. The number of aryl methyl sites for hydroxylation is 1. The average molecular weight is 319 g/mol. The molecule has 0 bridgehead atoms. The number of amides is 1. The number of benzene rings is 1. The number of nitrogens with zero attached hydrogens (tertiary/aromatic N) is 1. The molecule has 23 heavy (non-hydrogen) atoms. The quantitative estimate of drug-likeness (QED) is 0.928. The molecule has 1 N–H and O–H groups in total. The molecule has 1 aromatic rings. The van der Waals surface area contributed by atoms with E-state index in [9.17, 15) is 14.7 Å². The Morgan fingerprint density at radius 1 is 1.22 bits per heavy atom. The molecule has 0 aliphatic carbocycles. The van der Waals surface area contributed by atoms with Gasteiger partial charge < -0.3 is 14.7 Å². The van der Waals surface area contributed by atoms with Crippen molar-refractivity contribution in [2.75, 3.05) is 13.1 Å². The highest BCUT2D eigenvalue weighted by atomic mass is 16.6. The zero-order valence-electron chi connectivity index (χ0n) is 14.2. The smallest absolute Gasteiger partial charge is 0.410 e. The third kappa shape index (κ3) is 4.24. The summed E-state index contributed by atoms with van der Waals surface area (Å²) in [5, 5.41) is 9.50. The Hall–Kier alpha value is -2.04. The highest BCUT2D eigenvalue weighted by Gasteiger charge is 2.41. The van der Waals surface area contributed by atoms with Crippen molar-refractivity contribution < 1.29 is 19.4 Å². The highest BCUT2D eigenvalue weighted by Crippen LogP contribution is 2.34. The fourth-order valence-corrected chi connectivity index (χ4v) is 2.87. The van der Waals surface area contributed by atoms with Crippen molar-refractivity contribution in [3.63, 3.8) is 0 Å². The van der Waals surface area contributed by atoms with Gasteiger partial charge in [-0.1, -0.05) is 31.2 Å². The van der Waals surface area contributed by atoms with Crippen LogP contribution in [0.25, 0.3) is 0 Å². The highest BCUT2D eigenvalue weighted by molar-refractivity contribution is 5.76. The maximum absolute atomic E-state index is 12.2. The van der Waals surface area contributed by atoms with Crippen LogP contribution in [0.5, 0.6) is 0 Å². The van der Waals surface area contributed by atoms with Crippen molar-refractivity contribution in [3.8, 4) is 0 Å². The molecule has 1 aliphatic heterocycles. The van der Waals surface area contributed by atoms with Gasteiger partial charge in [0, 0.05) is 19.0 Å². The van der Waals surface area contributed by atoms with E-state index in [2.05, 4.69) is 6.92 Å². The molecule has 2 atom stereocenters. The van der Waals surface area contributed by atoms with Gasteiger partial charge in [0.1, 0.15) is 5.60 Å². The van der Waals surface area contributed by atoms with Crippen molar-refractivity contribution in [2.45, 2.75) is 45.6 Å². The van der Waals surface area contributed by atoms with Crippen LogP contribution in [0.2, 0.25) is 0 Å². The average Bonchev–Trinajstić information content (AvgIpc) is 2.91. The van der Waals surface area contributed by atoms with Crippen molar-refractivity contribution in [1.82, 2.24) is 4.90 Å². The summed E-state index contributed by atoms with van der Waals surface area (Å²) in [6.07, 6.45) is 0.494. The third-order valence-electron chi connectivity index (χ3n) is 4.10. The van der Waals surface area contributed by atoms with Crippen LogP contribution in [0, 0.1) is 5.92 Å². The lowest BCUT2D eigenvalue weighted by Crippen LogP contribution is -2.35. The summed E-state index contributed by atoms with van der Waals surface area (Å²) < 4.78 is 5.36. The Labute approximate surface area is 137 Å². The summed E-state index contributed by atoms with van der Waals surface area (Å²) >= 11 is 0. The van der Waals surface area contributed by atoms with E-state index in [1.165, 1.54) is 10.5 Å². The maximum Gasteiger partial charge on any atom is 0.410 e. The van der Waals surface area contributed by atoms with Crippen LogP contribution in [0.1, 0.15) is 44.7 Å². The van der Waals surface area contributed by atoms with Crippen LogP contribution in [-0.2, 0) is 16.0 Å². The zero-order chi connectivity index (χ0) is 17.2. The minimum Gasteiger partial charge on any atom is -0.481 e. The predicted octanol–water partition coefficient (Wildman–Crippen LogP) is 3.28. The van der Waals surface area contributed by atoms with E-state index >= 15 is 0 Å². The SMILES string of the molecule is CCc1ccc([C@H]2CN(C(=O)OC(C)(C)C)C[C@@H]2C(=O)O)cc1. The largest absolute Gasteiger partial charge is 0.481 e. The fraction of sp³-hybridized carbons (Fsp3) is 0.556. The molecular formula is C18H25NO4. The number of carbonyl (C=O) groups is 2. The summed E-state index contributed by atoms with van der Waals surface area (Å²) in [6, 6.07) is 7.98. The number of likely N-dealkylation sites (tertiary alicyclic amines) is 1.